The highest BCUT2D eigenvalue weighted by Crippen LogP contribution is 2.42. The molecule has 5 aliphatic rings. The summed E-state index contributed by atoms with van der Waals surface area (Å²) in [5, 5.41) is 9.18. The molecular weight excluding hydrogens is 884 g/mol. The van der Waals surface area contributed by atoms with Crippen molar-refractivity contribution >= 4 is 75.2 Å². The van der Waals surface area contributed by atoms with Crippen LogP contribution in [0.4, 0.5) is 23.1 Å². The van der Waals surface area contributed by atoms with Crippen molar-refractivity contribution in [2.24, 2.45) is 0 Å². The zero-order valence-electron chi connectivity index (χ0n) is 38.2. The highest BCUT2D eigenvalue weighted by Gasteiger charge is 2.47. The van der Waals surface area contributed by atoms with Gasteiger partial charge in [0.2, 0.25) is 17.8 Å². The Morgan fingerprint density at radius 2 is 1.67 bits per heavy atom. The van der Waals surface area contributed by atoms with E-state index in [1.165, 1.54) is 7.05 Å². The Morgan fingerprint density at radius 3 is 2.36 bits per heavy atom. The molecule has 3 saturated heterocycles. The second-order valence-electron chi connectivity index (χ2n) is 18.0. The van der Waals surface area contributed by atoms with Gasteiger partial charge < -0.3 is 39.2 Å². The summed E-state index contributed by atoms with van der Waals surface area (Å²) in [6.07, 6.45) is 5.65. The van der Waals surface area contributed by atoms with E-state index in [2.05, 4.69) is 35.6 Å². The van der Waals surface area contributed by atoms with Crippen LogP contribution in [0.25, 0.3) is 10.9 Å². The molecule has 1 unspecified atom stereocenters. The maximum atomic E-state index is 13.7. The third-order valence-corrected chi connectivity index (χ3v) is 13.9. The molecule has 4 aromatic rings. The Balaban J connectivity index is 0.766. The summed E-state index contributed by atoms with van der Waals surface area (Å²) >= 11 is 6.61. The lowest BCUT2D eigenvalue weighted by Crippen LogP contribution is -2.56. The van der Waals surface area contributed by atoms with Crippen LogP contribution >= 0.6 is 11.6 Å². The van der Waals surface area contributed by atoms with Gasteiger partial charge in [-0.2, -0.15) is 4.98 Å². The fraction of sp³-hybridized carbons (Fsp3) is 0.489. The van der Waals surface area contributed by atoms with Crippen molar-refractivity contribution < 1.29 is 38.2 Å². The smallest absolute Gasteiger partial charge is 0.293 e. The molecule has 1 saturated carbocycles. The fourth-order valence-electron chi connectivity index (χ4n) is 10.0. The van der Waals surface area contributed by atoms with Gasteiger partial charge in [-0.05, 0) is 88.8 Å². The van der Waals surface area contributed by atoms with Crippen LogP contribution in [0.3, 0.4) is 0 Å². The van der Waals surface area contributed by atoms with E-state index in [4.69, 9.17) is 30.8 Å². The number of rotatable bonds is 13. The van der Waals surface area contributed by atoms with Gasteiger partial charge in [0.1, 0.15) is 16.8 Å². The third kappa shape index (κ3) is 8.87. The third-order valence-electron chi connectivity index (χ3n) is 13.6. The number of likely N-dealkylation sites (N-methyl/N-ethyl adjacent to an activating group) is 1. The normalized spacial score (nSPS) is 21.4. The predicted molar refractivity (Wildman–Crippen MR) is 250 cm³/mol. The molecule has 3 N–H and O–H groups in total. The first-order valence-electron chi connectivity index (χ1n) is 22.9. The number of piperidine rings is 2. The molecule has 19 nitrogen and oxygen atoms in total. The Labute approximate surface area is 392 Å². The van der Waals surface area contributed by atoms with Crippen LogP contribution in [0.15, 0.2) is 41.3 Å². The molecule has 4 aliphatic heterocycles. The molecule has 67 heavy (non-hydrogen) atoms. The standard InChI is InChI=1S/C47H55ClN10O9/c1-25(2)57-34-7-6-28(18-27(34)19-37(45(57)63)66-24-39(60)49-4)51-42-33(48)23-50-47(53-42)56-12-10-30(11-13-56)67-31-20-29(21-31)54-14-16-55(17-15-54)41-26(3)40-32(22-36(41)65-5)44(62)58(46(40)64)35-8-9-38(59)52-43(35)61/h6-7,18-19,22-23,25,29-31,35H,8-17,20-21,24H2,1-5H3,(H,49,60)(H,50,51,53)(H,52,59,61). The van der Waals surface area contributed by atoms with Crippen molar-refractivity contribution in [1.82, 2.24) is 35.0 Å². The average Bonchev–Trinajstić information content (AvgIpc) is 3.55. The van der Waals surface area contributed by atoms with Gasteiger partial charge in [0.05, 0.1) is 47.8 Å². The Kier molecular flexibility index (Phi) is 12.8. The molecule has 20 heteroatoms. The molecule has 4 fully saturated rings. The number of nitrogens with zero attached hydrogens (tertiary/aromatic N) is 7. The highest BCUT2D eigenvalue weighted by molar-refractivity contribution is 6.33. The van der Waals surface area contributed by atoms with Crippen molar-refractivity contribution in [2.45, 2.75) is 89.6 Å². The lowest BCUT2D eigenvalue weighted by atomic mass is 9.87. The summed E-state index contributed by atoms with van der Waals surface area (Å²) in [5.41, 5.74) is 3.02. The first-order chi connectivity index (χ1) is 32.2. The molecule has 2 aromatic carbocycles. The maximum Gasteiger partial charge on any atom is 0.293 e. The summed E-state index contributed by atoms with van der Waals surface area (Å²) in [6, 6.07) is 8.09. The Hall–Kier alpha value is -6.31. The lowest BCUT2D eigenvalue weighted by molar-refractivity contribution is -0.136. The molecular formula is C47H55ClN10O9. The number of halogens is 1. The van der Waals surface area contributed by atoms with E-state index in [-0.39, 0.29) is 66.0 Å². The van der Waals surface area contributed by atoms with Crippen LogP contribution in [0, 0.1) is 6.92 Å². The monoisotopic (exact) mass is 938 g/mol. The molecule has 9 rings (SSSR count). The van der Waals surface area contributed by atoms with Crippen molar-refractivity contribution in [3.63, 3.8) is 0 Å². The van der Waals surface area contributed by atoms with E-state index >= 15 is 0 Å². The number of fused-ring (bicyclic) bond motifs is 2. The fourth-order valence-corrected chi connectivity index (χ4v) is 10.1. The highest BCUT2D eigenvalue weighted by atomic mass is 35.5. The molecule has 0 bridgehead atoms. The number of carbonyl (C=O) groups is 5. The summed E-state index contributed by atoms with van der Waals surface area (Å²) in [4.78, 5) is 94.0. The van der Waals surface area contributed by atoms with Crippen LogP contribution in [-0.4, -0.2) is 138 Å². The molecule has 1 atom stereocenters. The van der Waals surface area contributed by atoms with Gasteiger partial charge in [-0.1, -0.05) is 11.6 Å². The quantitative estimate of drug-likeness (QED) is 0.162. The first-order valence-corrected chi connectivity index (χ1v) is 23.3. The molecule has 1 aliphatic carbocycles. The van der Waals surface area contributed by atoms with E-state index in [1.807, 2.05) is 39.0 Å². The number of piperazine rings is 1. The number of methoxy groups -OCH3 is 1. The number of imide groups is 2. The number of carbonyl (C=O) groups excluding carboxylic acids is 5. The number of nitrogens with one attached hydrogen (secondary N) is 3. The number of anilines is 4. The van der Waals surface area contributed by atoms with Crippen LogP contribution in [0.2, 0.25) is 5.02 Å². The minimum absolute atomic E-state index is 0.0582. The topological polar surface area (TPSA) is 210 Å². The number of hydrogen-bond donors (Lipinski definition) is 3. The predicted octanol–water partition coefficient (Wildman–Crippen LogP) is 3.95. The first kappa shape index (κ1) is 45.8. The van der Waals surface area contributed by atoms with E-state index in [0.717, 1.165) is 73.4 Å². The van der Waals surface area contributed by atoms with Gasteiger partial charge in [0.25, 0.3) is 23.3 Å². The van der Waals surface area contributed by atoms with Crippen LogP contribution in [0.1, 0.15) is 84.7 Å². The van der Waals surface area contributed by atoms with Crippen molar-refractivity contribution in [3.8, 4) is 11.5 Å². The minimum Gasteiger partial charge on any atom is -0.495 e. The molecule has 2 aromatic heterocycles. The number of pyridine rings is 1. The number of benzene rings is 2. The van der Waals surface area contributed by atoms with E-state index in [1.54, 1.807) is 30.0 Å². The van der Waals surface area contributed by atoms with Gasteiger partial charge in [-0.15, -0.1) is 0 Å². The van der Waals surface area contributed by atoms with Crippen molar-refractivity contribution in [1.29, 1.82) is 0 Å². The molecule has 5 amide bonds. The van der Waals surface area contributed by atoms with E-state index in [9.17, 15) is 28.8 Å². The van der Waals surface area contributed by atoms with E-state index < -0.39 is 29.7 Å². The maximum absolute atomic E-state index is 13.7. The van der Waals surface area contributed by atoms with Crippen molar-refractivity contribution in [3.05, 3.63) is 68.6 Å². The number of hydrogen-bond acceptors (Lipinski definition) is 15. The second-order valence-corrected chi connectivity index (χ2v) is 18.4. The van der Waals surface area contributed by atoms with E-state index in [0.29, 0.717) is 52.9 Å². The summed E-state index contributed by atoms with van der Waals surface area (Å²) in [6.45, 7) is 9.90. The molecule has 0 radical (unpaired) electrons. The van der Waals surface area contributed by atoms with Crippen molar-refractivity contribution in [2.75, 3.05) is 75.1 Å². The van der Waals surface area contributed by atoms with Gasteiger partial charge in [-0.25, -0.2) is 4.98 Å². The zero-order chi connectivity index (χ0) is 47.3. The minimum atomic E-state index is -1.03. The van der Waals surface area contributed by atoms with Gasteiger partial charge in [0.15, 0.2) is 18.2 Å². The van der Waals surface area contributed by atoms with Gasteiger partial charge in [-0.3, -0.25) is 43.9 Å². The van der Waals surface area contributed by atoms with Gasteiger partial charge in [0, 0.05) is 75.9 Å². The van der Waals surface area contributed by atoms with Crippen LogP contribution < -0.4 is 40.8 Å². The van der Waals surface area contributed by atoms with Crippen LogP contribution in [0.5, 0.6) is 11.5 Å². The second kappa shape index (κ2) is 18.8. The summed E-state index contributed by atoms with van der Waals surface area (Å²) in [5.74, 6) is -0.869. The largest absolute Gasteiger partial charge is 0.495 e. The molecule has 0 spiro atoms. The Morgan fingerprint density at radius 1 is 0.925 bits per heavy atom. The lowest BCUT2D eigenvalue weighted by Gasteiger charge is -2.48. The molecule has 6 heterocycles. The number of amides is 5. The summed E-state index contributed by atoms with van der Waals surface area (Å²) < 4.78 is 19.7. The van der Waals surface area contributed by atoms with Crippen LogP contribution in [-0.2, 0) is 19.1 Å². The summed E-state index contributed by atoms with van der Waals surface area (Å²) in [7, 11) is 3.06. The molecule has 354 valence electrons. The number of ether oxygens (including phenoxy) is 3. The SMILES string of the molecule is CNC(=O)COc1cc2cc(Nc3nc(N4CCC(OC5CC(N6CCN(c7c(OC)cc8c(c7C)C(=O)N(C7CCC(=O)NC7=O)C8=O)CC6)C5)CC4)ncc3Cl)ccc2n(C(C)C)c1=O. The number of aromatic nitrogens is 3. The zero-order valence-corrected chi connectivity index (χ0v) is 39.0. The Bertz CT molecular complexity index is 2710. The average molecular weight is 939 g/mol. The van der Waals surface area contributed by atoms with Gasteiger partial charge >= 0.3 is 0 Å².